The molecule has 0 bridgehead atoms. The van der Waals surface area contributed by atoms with Crippen LogP contribution in [0.5, 0.6) is 5.75 Å². The van der Waals surface area contributed by atoms with Crippen molar-refractivity contribution < 1.29 is 17.9 Å². The number of methoxy groups -OCH3 is 1. The Hall–Kier alpha value is -2.54. The highest BCUT2D eigenvalue weighted by atomic mass is 32.2. The second-order valence-electron chi connectivity index (χ2n) is 5.71. The number of sulfonamides is 1. The van der Waals surface area contributed by atoms with E-state index >= 15 is 0 Å². The van der Waals surface area contributed by atoms with Crippen molar-refractivity contribution in [2.75, 3.05) is 25.9 Å². The van der Waals surface area contributed by atoms with E-state index in [4.69, 9.17) is 4.74 Å². The number of hydrogen-bond acceptors (Lipinski definition) is 4. The van der Waals surface area contributed by atoms with Crippen LogP contribution in [0.3, 0.4) is 0 Å². The molecule has 2 rings (SSSR count). The van der Waals surface area contributed by atoms with E-state index in [9.17, 15) is 13.2 Å². The SMILES string of the molecule is CCc1cc(S(=O)(=O)Nc2ccc(C(=O)N(C)C)cc2)ccc1OC. The van der Waals surface area contributed by atoms with Gasteiger partial charge in [0.15, 0.2) is 0 Å². The van der Waals surface area contributed by atoms with Gasteiger partial charge in [0.2, 0.25) is 0 Å². The number of ether oxygens (including phenoxy) is 1. The molecule has 0 aliphatic rings. The third kappa shape index (κ3) is 4.30. The van der Waals surface area contributed by atoms with E-state index in [0.717, 1.165) is 5.56 Å². The zero-order valence-electron chi connectivity index (χ0n) is 14.7. The van der Waals surface area contributed by atoms with E-state index in [2.05, 4.69) is 4.72 Å². The molecule has 0 radical (unpaired) electrons. The lowest BCUT2D eigenvalue weighted by molar-refractivity contribution is 0.0827. The van der Waals surface area contributed by atoms with E-state index in [1.807, 2.05) is 6.92 Å². The minimum atomic E-state index is -3.72. The molecule has 0 aliphatic carbocycles. The lowest BCUT2D eigenvalue weighted by Crippen LogP contribution is -2.21. The van der Waals surface area contributed by atoms with Crippen LogP contribution < -0.4 is 9.46 Å². The van der Waals surface area contributed by atoms with Gasteiger partial charge in [-0.25, -0.2) is 8.42 Å². The zero-order chi connectivity index (χ0) is 18.6. The standard InChI is InChI=1S/C18H22N2O4S/c1-5-13-12-16(10-11-17(13)24-4)25(22,23)19-15-8-6-14(7-9-15)18(21)20(2)3/h6-12,19H,5H2,1-4H3. The maximum Gasteiger partial charge on any atom is 0.261 e. The number of carbonyl (C=O) groups excluding carboxylic acids is 1. The molecular weight excluding hydrogens is 340 g/mol. The van der Waals surface area contributed by atoms with Crippen LogP contribution in [0.1, 0.15) is 22.8 Å². The quantitative estimate of drug-likeness (QED) is 0.857. The Bertz CT molecular complexity index is 859. The van der Waals surface area contributed by atoms with Gasteiger partial charge in [-0.15, -0.1) is 0 Å². The first-order valence-corrected chi connectivity index (χ1v) is 9.28. The highest BCUT2D eigenvalue weighted by molar-refractivity contribution is 7.92. The van der Waals surface area contributed by atoms with Gasteiger partial charge in [0.05, 0.1) is 12.0 Å². The van der Waals surface area contributed by atoms with Crippen molar-refractivity contribution in [2.45, 2.75) is 18.2 Å². The van der Waals surface area contributed by atoms with Crippen molar-refractivity contribution >= 4 is 21.6 Å². The summed E-state index contributed by atoms with van der Waals surface area (Å²) in [6.07, 6.45) is 0.661. The number of anilines is 1. The number of nitrogens with one attached hydrogen (secondary N) is 1. The number of rotatable bonds is 6. The summed E-state index contributed by atoms with van der Waals surface area (Å²) < 4.78 is 32.9. The average Bonchev–Trinajstić information content (AvgIpc) is 2.60. The molecule has 25 heavy (non-hydrogen) atoms. The van der Waals surface area contributed by atoms with E-state index in [-0.39, 0.29) is 10.8 Å². The van der Waals surface area contributed by atoms with Crippen molar-refractivity contribution in [1.29, 1.82) is 0 Å². The summed E-state index contributed by atoms with van der Waals surface area (Å²) in [6, 6.07) is 11.1. The van der Waals surface area contributed by atoms with Crippen LogP contribution in [0.15, 0.2) is 47.4 Å². The first-order valence-electron chi connectivity index (χ1n) is 7.80. The number of carbonyl (C=O) groups is 1. The molecule has 0 heterocycles. The number of amides is 1. The Morgan fingerprint density at radius 1 is 1.12 bits per heavy atom. The second-order valence-corrected chi connectivity index (χ2v) is 7.39. The van der Waals surface area contributed by atoms with Gasteiger partial charge < -0.3 is 9.64 Å². The van der Waals surface area contributed by atoms with Crippen molar-refractivity contribution in [3.8, 4) is 5.75 Å². The fourth-order valence-corrected chi connectivity index (χ4v) is 3.46. The number of nitrogens with zero attached hydrogens (tertiary/aromatic N) is 1. The number of aryl methyl sites for hydroxylation is 1. The minimum Gasteiger partial charge on any atom is -0.496 e. The molecule has 0 aromatic heterocycles. The predicted molar refractivity (Wildman–Crippen MR) is 97.6 cm³/mol. The lowest BCUT2D eigenvalue weighted by Gasteiger charge is -2.13. The van der Waals surface area contributed by atoms with Crippen molar-refractivity contribution in [3.63, 3.8) is 0 Å². The zero-order valence-corrected chi connectivity index (χ0v) is 15.6. The van der Waals surface area contributed by atoms with Gasteiger partial charge in [0, 0.05) is 25.3 Å². The minimum absolute atomic E-state index is 0.142. The van der Waals surface area contributed by atoms with E-state index < -0.39 is 10.0 Å². The Labute approximate surface area is 148 Å². The lowest BCUT2D eigenvalue weighted by atomic mass is 10.1. The van der Waals surface area contributed by atoms with Gasteiger partial charge >= 0.3 is 0 Å². The highest BCUT2D eigenvalue weighted by Crippen LogP contribution is 2.24. The fourth-order valence-electron chi connectivity index (χ4n) is 2.35. The Kier molecular flexibility index (Phi) is 5.69. The normalized spacial score (nSPS) is 11.0. The van der Waals surface area contributed by atoms with Crippen LogP contribution in [0, 0.1) is 0 Å². The molecular formula is C18H22N2O4S. The van der Waals surface area contributed by atoms with E-state index in [1.165, 1.54) is 11.0 Å². The molecule has 0 fully saturated rings. The second kappa shape index (κ2) is 7.57. The van der Waals surface area contributed by atoms with Crippen LogP contribution in [0.25, 0.3) is 0 Å². The topological polar surface area (TPSA) is 75.7 Å². The summed E-state index contributed by atoms with van der Waals surface area (Å²) in [4.78, 5) is 13.5. The Morgan fingerprint density at radius 2 is 1.76 bits per heavy atom. The maximum absolute atomic E-state index is 12.6. The van der Waals surface area contributed by atoms with Crippen LogP contribution in [-0.4, -0.2) is 40.4 Å². The van der Waals surface area contributed by atoms with Crippen LogP contribution in [0.4, 0.5) is 5.69 Å². The summed E-state index contributed by atoms with van der Waals surface area (Å²) in [5, 5.41) is 0. The molecule has 1 amide bonds. The third-order valence-electron chi connectivity index (χ3n) is 3.73. The van der Waals surface area contributed by atoms with Gasteiger partial charge in [-0.3, -0.25) is 9.52 Å². The summed E-state index contributed by atoms with van der Waals surface area (Å²) in [7, 11) is 1.15. The van der Waals surface area contributed by atoms with Gasteiger partial charge in [-0.05, 0) is 54.4 Å². The Morgan fingerprint density at radius 3 is 2.28 bits per heavy atom. The van der Waals surface area contributed by atoms with Crippen molar-refractivity contribution in [1.82, 2.24) is 4.90 Å². The van der Waals surface area contributed by atoms with Crippen LogP contribution >= 0.6 is 0 Å². The largest absolute Gasteiger partial charge is 0.496 e. The molecule has 0 atom stereocenters. The molecule has 0 saturated heterocycles. The summed E-state index contributed by atoms with van der Waals surface area (Å²) in [5.41, 5.74) is 1.70. The summed E-state index contributed by atoms with van der Waals surface area (Å²) >= 11 is 0. The first kappa shape index (κ1) is 18.8. The number of benzene rings is 2. The molecule has 0 spiro atoms. The predicted octanol–water partition coefficient (Wildman–Crippen LogP) is 2.76. The van der Waals surface area contributed by atoms with Crippen LogP contribution in [0.2, 0.25) is 0 Å². The van der Waals surface area contributed by atoms with Crippen molar-refractivity contribution in [2.24, 2.45) is 0 Å². The van der Waals surface area contributed by atoms with Gasteiger partial charge in [0.1, 0.15) is 5.75 Å². The number of hydrogen-bond donors (Lipinski definition) is 1. The molecule has 0 aliphatic heterocycles. The molecule has 2 aromatic rings. The smallest absolute Gasteiger partial charge is 0.261 e. The Balaban J connectivity index is 2.25. The van der Waals surface area contributed by atoms with Gasteiger partial charge in [-0.2, -0.15) is 0 Å². The van der Waals surface area contributed by atoms with E-state index in [1.54, 1.807) is 57.6 Å². The molecule has 2 aromatic carbocycles. The van der Waals surface area contributed by atoms with E-state index in [0.29, 0.717) is 23.4 Å². The van der Waals surface area contributed by atoms with Crippen molar-refractivity contribution in [3.05, 3.63) is 53.6 Å². The molecule has 134 valence electrons. The average molecular weight is 362 g/mol. The highest BCUT2D eigenvalue weighted by Gasteiger charge is 2.17. The van der Waals surface area contributed by atoms with Crippen LogP contribution in [-0.2, 0) is 16.4 Å². The molecule has 0 unspecified atom stereocenters. The molecule has 6 nitrogen and oxygen atoms in total. The first-order chi connectivity index (χ1) is 11.8. The molecule has 1 N–H and O–H groups in total. The fraction of sp³-hybridized carbons (Fsp3) is 0.278. The maximum atomic E-state index is 12.6. The van der Waals surface area contributed by atoms with Gasteiger partial charge in [-0.1, -0.05) is 6.92 Å². The monoisotopic (exact) mass is 362 g/mol. The summed E-state index contributed by atoms with van der Waals surface area (Å²) in [5.74, 6) is 0.519. The third-order valence-corrected chi connectivity index (χ3v) is 5.11. The molecule has 7 heteroatoms. The molecule has 0 saturated carbocycles. The summed E-state index contributed by atoms with van der Waals surface area (Å²) in [6.45, 7) is 1.93. The van der Waals surface area contributed by atoms with Gasteiger partial charge in [0.25, 0.3) is 15.9 Å².